The average molecular weight is 224 g/mol. The van der Waals surface area contributed by atoms with Gasteiger partial charge in [-0.25, -0.2) is 0 Å². The Morgan fingerprint density at radius 1 is 1.25 bits per heavy atom. The van der Waals surface area contributed by atoms with Gasteiger partial charge < -0.3 is 9.64 Å². The van der Waals surface area contributed by atoms with E-state index in [0.29, 0.717) is 5.92 Å². The third-order valence-corrected chi connectivity index (χ3v) is 3.76. The van der Waals surface area contributed by atoms with Gasteiger partial charge >= 0.3 is 0 Å². The minimum Gasteiger partial charge on any atom is -0.372 e. The van der Waals surface area contributed by atoms with Crippen LogP contribution in [0.15, 0.2) is 0 Å². The van der Waals surface area contributed by atoms with Gasteiger partial charge in [0.25, 0.3) is 0 Å². The van der Waals surface area contributed by atoms with Crippen molar-refractivity contribution in [2.45, 2.75) is 51.6 Å². The molecule has 0 amide bonds. The predicted octanol–water partition coefficient (Wildman–Crippen LogP) is 2.65. The van der Waals surface area contributed by atoms with E-state index in [0.717, 1.165) is 25.5 Å². The van der Waals surface area contributed by atoms with E-state index in [1.54, 1.807) is 0 Å². The summed E-state index contributed by atoms with van der Waals surface area (Å²) in [4.78, 5) is 2.24. The molecule has 1 heterocycles. The van der Waals surface area contributed by atoms with Crippen molar-refractivity contribution in [2.75, 3.05) is 19.7 Å². The summed E-state index contributed by atoms with van der Waals surface area (Å²) in [6.07, 6.45) is 6.41. The lowest BCUT2D eigenvalue weighted by Crippen LogP contribution is -2.52. The minimum absolute atomic E-state index is 0.0841. The maximum Gasteiger partial charge on any atom is 0.0991 e. The molecule has 1 N–H and O–H groups in total. The lowest BCUT2D eigenvalue weighted by Gasteiger charge is -2.41. The van der Waals surface area contributed by atoms with E-state index in [2.05, 4.69) is 18.7 Å². The van der Waals surface area contributed by atoms with Crippen LogP contribution < -0.4 is 0 Å². The van der Waals surface area contributed by atoms with Crippen LogP contribution in [0.1, 0.15) is 46.0 Å². The average Bonchev–Trinajstić information content (AvgIpc) is 2.28. The lowest BCUT2D eigenvalue weighted by molar-refractivity contribution is -0.0692. The van der Waals surface area contributed by atoms with Crippen LogP contribution in [0.2, 0.25) is 0 Å². The molecule has 0 spiro atoms. The van der Waals surface area contributed by atoms with Crippen LogP contribution in [-0.4, -0.2) is 36.0 Å². The quantitative estimate of drug-likeness (QED) is 0.549. The molecular formula is C13H24N2O. The van der Waals surface area contributed by atoms with E-state index in [-0.39, 0.29) is 5.60 Å². The van der Waals surface area contributed by atoms with Crippen molar-refractivity contribution in [3.63, 3.8) is 0 Å². The van der Waals surface area contributed by atoms with Crippen molar-refractivity contribution in [3.8, 4) is 0 Å². The van der Waals surface area contributed by atoms with E-state index in [1.165, 1.54) is 32.1 Å². The summed E-state index contributed by atoms with van der Waals surface area (Å²) in [6.45, 7) is 6.78. The molecular weight excluding hydrogens is 200 g/mol. The maximum atomic E-state index is 8.32. The van der Waals surface area contributed by atoms with Gasteiger partial charge in [-0.2, -0.15) is 0 Å². The first-order valence-electron chi connectivity index (χ1n) is 6.56. The highest BCUT2D eigenvalue weighted by atomic mass is 16.5. The Morgan fingerprint density at radius 3 is 2.56 bits per heavy atom. The van der Waals surface area contributed by atoms with Crippen LogP contribution in [0.25, 0.3) is 0 Å². The molecule has 0 aromatic carbocycles. The Kier molecular flexibility index (Phi) is 3.53. The molecule has 1 saturated heterocycles. The number of morpholine rings is 1. The van der Waals surface area contributed by atoms with Gasteiger partial charge in [0.1, 0.15) is 0 Å². The van der Waals surface area contributed by atoms with Gasteiger partial charge in [0.2, 0.25) is 0 Å². The molecule has 2 rings (SSSR count). The highest BCUT2D eigenvalue weighted by Crippen LogP contribution is 2.27. The van der Waals surface area contributed by atoms with Crippen LogP contribution in [0.4, 0.5) is 0 Å². The summed E-state index contributed by atoms with van der Waals surface area (Å²) < 4.78 is 5.69. The number of amidine groups is 1. The number of hydrogen-bond acceptors (Lipinski definition) is 2. The molecule has 0 unspecified atom stereocenters. The van der Waals surface area contributed by atoms with Crippen LogP contribution in [0, 0.1) is 11.3 Å². The van der Waals surface area contributed by atoms with Crippen molar-refractivity contribution in [2.24, 2.45) is 5.92 Å². The Hall–Kier alpha value is -0.570. The zero-order valence-electron chi connectivity index (χ0n) is 10.6. The summed E-state index contributed by atoms with van der Waals surface area (Å²) in [5.41, 5.74) is -0.0841. The Labute approximate surface area is 98.7 Å². The van der Waals surface area contributed by atoms with Crippen LogP contribution in [-0.2, 0) is 4.74 Å². The number of rotatable bonds is 1. The predicted molar refractivity (Wildman–Crippen MR) is 65.9 cm³/mol. The van der Waals surface area contributed by atoms with Crippen LogP contribution >= 0.6 is 0 Å². The first-order valence-corrected chi connectivity index (χ1v) is 6.56. The molecule has 2 aliphatic rings. The Bertz CT molecular complexity index is 257. The second-order valence-electron chi connectivity index (χ2n) is 5.75. The molecule has 0 aromatic heterocycles. The largest absolute Gasteiger partial charge is 0.372 e. The molecule has 2 fully saturated rings. The summed E-state index contributed by atoms with van der Waals surface area (Å²) in [5.74, 6) is 1.39. The fraction of sp³-hybridized carbons (Fsp3) is 0.923. The Balaban J connectivity index is 1.93. The van der Waals surface area contributed by atoms with Gasteiger partial charge in [-0.1, -0.05) is 19.3 Å². The smallest absolute Gasteiger partial charge is 0.0991 e. The second kappa shape index (κ2) is 4.74. The van der Waals surface area contributed by atoms with E-state index in [9.17, 15) is 0 Å². The zero-order chi connectivity index (χ0) is 11.6. The van der Waals surface area contributed by atoms with Crippen molar-refractivity contribution >= 4 is 5.84 Å². The van der Waals surface area contributed by atoms with E-state index >= 15 is 0 Å². The second-order valence-corrected chi connectivity index (χ2v) is 5.75. The van der Waals surface area contributed by atoms with Crippen molar-refractivity contribution in [1.29, 1.82) is 5.41 Å². The molecule has 3 nitrogen and oxygen atoms in total. The number of nitrogens with zero attached hydrogens (tertiary/aromatic N) is 1. The van der Waals surface area contributed by atoms with E-state index in [4.69, 9.17) is 10.1 Å². The molecule has 1 aliphatic carbocycles. The summed E-state index contributed by atoms with van der Waals surface area (Å²) in [5, 5.41) is 8.32. The number of hydrogen-bond donors (Lipinski definition) is 1. The standard InChI is InChI=1S/C13H24N2O/c1-13(2)10-15(8-9-16-13)12(14)11-6-4-3-5-7-11/h11,14H,3-10H2,1-2H3. The highest BCUT2D eigenvalue weighted by Gasteiger charge is 2.31. The highest BCUT2D eigenvalue weighted by molar-refractivity contribution is 5.81. The number of ether oxygens (including phenoxy) is 1. The molecule has 0 aromatic rings. The topological polar surface area (TPSA) is 36.3 Å². The molecule has 3 heteroatoms. The van der Waals surface area contributed by atoms with E-state index < -0.39 is 0 Å². The van der Waals surface area contributed by atoms with Gasteiger partial charge in [-0.05, 0) is 26.7 Å². The molecule has 0 radical (unpaired) electrons. The van der Waals surface area contributed by atoms with Crippen molar-refractivity contribution < 1.29 is 4.74 Å². The van der Waals surface area contributed by atoms with Gasteiger partial charge in [0.15, 0.2) is 0 Å². The fourth-order valence-corrected chi connectivity index (χ4v) is 2.86. The SMILES string of the molecule is CC1(C)CN(C(=N)C2CCCCC2)CCO1. The molecule has 0 bridgehead atoms. The molecule has 92 valence electrons. The third kappa shape index (κ3) is 2.76. The summed E-state index contributed by atoms with van der Waals surface area (Å²) >= 11 is 0. The molecule has 16 heavy (non-hydrogen) atoms. The Morgan fingerprint density at radius 2 is 1.94 bits per heavy atom. The normalized spacial score (nSPS) is 26.8. The first kappa shape index (κ1) is 11.9. The van der Waals surface area contributed by atoms with Gasteiger partial charge in [0, 0.05) is 19.0 Å². The fourth-order valence-electron chi connectivity index (χ4n) is 2.86. The van der Waals surface area contributed by atoms with Crippen LogP contribution in [0.3, 0.4) is 0 Å². The van der Waals surface area contributed by atoms with Crippen molar-refractivity contribution in [3.05, 3.63) is 0 Å². The van der Waals surface area contributed by atoms with Gasteiger partial charge in [0.05, 0.1) is 18.0 Å². The zero-order valence-corrected chi connectivity index (χ0v) is 10.6. The van der Waals surface area contributed by atoms with Crippen molar-refractivity contribution in [1.82, 2.24) is 4.90 Å². The number of nitrogens with one attached hydrogen (secondary N) is 1. The van der Waals surface area contributed by atoms with Crippen LogP contribution in [0.5, 0.6) is 0 Å². The van der Waals surface area contributed by atoms with Gasteiger partial charge in [-0.3, -0.25) is 5.41 Å². The molecule has 1 aliphatic heterocycles. The van der Waals surface area contributed by atoms with E-state index in [1.807, 2.05) is 0 Å². The summed E-state index contributed by atoms with van der Waals surface area (Å²) in [7, 11) is 0. The monoisotopic (exact) mass is 224 g/mol. The lowest BCUT2D eigenvalue weighted by atomic mass is 9.87. The third-order valence-electron chi connectivity index (χ3n) is 3.76. The molecule has 1 saturated carbocycles. The molecule has 0 atom stereocenters. The maximum absolute atomic E-state index is 8.32. The summed E-state index contributed by atoms with van der Waals surface area (Å²) in [6, 6.07) is 0. The van der Waals surface area contributed by atoms with Gasteiger partial charge in [-0.15, -0.1) is 0 Å². The first-order chi connectivity index (χ1) is 7.58. The minimum atomic E-state index is -0.0841.